The molecule has 0 aliphatic rings. The van der Waals surface area contributed by atoms with Crippen LogP contribution in [0.4, 0.5) is 5.69 Å². The number of hydrazone groups is 1. The lowest BCUT2D eigenvalue weighted by molar-refractivity contribution is -0.124. The molecule has 0 aromatic heterocycles. The predicted molar refractivity (Wildman–Crippen MR) is 131 cm³/mol. The van der Waals surface area contributed by atoms with E-state index in [4.69, 9.17) is 0 Å². The molecular weight excluding hydrogens is 398 g/mol. The van der Waals surface area contributed by atoms with Gasteiger partial charge in [0, 0.05) is 24.1 Å². The van der Waals surface area contributed by atoms with E-state index >= 15 is 0 Å². The minimum atomic E-state index is -0.305. The molecule has 4 rings (SSSR count). The minimum absolute atomic E-state index is 0.0598. The Morgan fingerprint density at radius 1 is 0.781 bits per heavy atom. The van der Waals surface area contributed by atoms with Crippen LogP contribution in [0.15, 0.2) is 77.9 Å². The van der Waals surface area contributed by atoms with Crippen molar-refractivity contribution in [2.24, 2.45) is 5.10 Å². The Balaban J connectivity index is 1.39. The van der Waals surface area contributed by atoms with E-state index in [0.29, 0.717) is 0 Å². The van der Waals surface area contributed by atoms with Gasteiger partial charge in [0.15, 0.2) is 0 Å². The normalized spacial score (nSPS) is 11.2. The van der Waals surface area contributed by atoms with Crippen molar-refractivity contribution in [2.75, 3.05) is 5.32 Å². The summed E-state index contributed by atoms with van der Waals surface area (Å²) in [6, 6.07) is 24.1. The zero-order valence-corrected chi connectivity index (χ0v) is 18.2. The summed E-state index contributed by atoms with van der Waals surface area (Å²) >= 11 is 0. The molecule has 0 bridgehead atoms. The number of hydrogen-bond acceptors (Lipinski definition) is 3. The molecule has 4 aromatic rings. The second kappa shape index (κ2) is 9.43. The van der Waals surface area contributed by atoms with E-state index in [0.717, 1.165) is 38.4 Å². The number of fused-ring (bicyclic) bond motifs is 2. The van der Waals surface area contributed by atoms with Crippen LogP contribution in [0, 0.1) is 13.8 Å². The van der Waals surface area contributed by atoms with E-state index in [9.17, 15) is 9.59 Å². The Labute approximate surface area is 187 Å². The lowest BCUT2D eigenvalue weighted by Crippen LogP contribution is -2.20. The summed E-state index contributed by atoms with van der Waals surface area (Å²) in [5.41, 5.74) is 6.51. The summed E-state index contributed by atoms with van der Waals surface area (Å²) in [7, 11) is 0. The van der Waals surface area contributed by atoms with Crippen LogP contribution in [-0.2, 0) is 9.59 Å². The van der Waals surface area contributed by atoms with E-state index in [1.54, 1.807) is 6.21 Å². The highest BCUT2D eigenvalue weighted by atomic mass is 16.2. The van der Waals surface area contributed by atoms with Gasteiger partial charge in [-0.05, 0) is 64.7 Å². The Bertz CT molecular complexity index is 1290. The molecule has 0 saturated carbocycles. The maximum absolute atomic E-state index is 12.2. The van der Waals surface area contributed by atoms with Gasteiger partial charge in [-0.15, -0.1) is 0 Å². The van der Waals surface area contributed by atoms with Crippen molar-refractivity contribution in [2.45, 2.75) is 26.7 Å². The van der Waals surface area contributed by atoms with Gasteiger partial charge in [-0.25, -0.2) is 5.43 Å². The van der Waals surface area contributed by atoms with Crippen LogP contribution in [0.5, 0.6) is 0 Å². The summed E-state index contributed by atoms with van der Waals surface area (Å²) in [5.74, 6) is -0.506. The molecule has 4 aromatic carbocycles. The summed E-state index contributed by atoms with van der Waals surface area (Å²) in [6.07, 6.45) is 1.83. The molecule has 0 aliphatic heterocycles. The van der Waals surface area contributed by atoms with Crippen molar-refractivity contribution in [3.05, 3.63) is 89.5 Å². The van der Waals surface area contributed by atoms with Gasteiger partial charge in [-0.1, -0.05) is 54.6 Å². The second-order valence-electron chi connectivity index (χ2n) is 7.87. The van der Waals surface area contributed by atoms with Gasteiger partial charge in [-0.3, -0.25) is 9.59 Å². The van der Waals surface area contributed by atoms with Gasteiger partial charge in [0.2, 0.25) is 11.8 Å². The van der Waals surface area contributed by atoms with Crippen LogP contribution < -0.4 is 10.7 Å². The fourth-order valence-electron chi connectivity index (χ4n) is 3.68. The van der Waals surface area contributed by atoms with E-state index in [2.05, 4.69) is 34.0 Å². The highest BCUT2D eigenvalue weighted by molar-refractivity contribution is 6.13. The van der Waals surface area contributed by atoms with Crippen molar-refractivity contribution >= 4 is 45.3 Å². The Kier molecular flexibility index (Phi) is 6.26. The lowest BCUT2D eigenvalue weighted by atomic mass is 9.97. The van der Waals surface area contributed by atoms with Gasteiger partial charge in [-0.2, -0.15) is 5.10 Å². The van der Waals surface area contributed by atoms with E-state index in [1.807, 2.05) is 68.4 Å². The van der Waals surface area contributed by atoms with Crippen LogP contribution in [0.1, 0.15) is 29.5 Å². The van der Waals surface area contributed by atoms with Gasteiger partial charge in [0.1, 0.15) is 0 Å². The van der Waals surface area contributed by atoms with Gasteiger partial charge >= 0.3 is 0 Å². The first kappa shape index (κ1) is 21.2. The molecular formula is C27H25N3O2. The van der Waals surface area contributed by atoms with Crippen LogP contribution in [-0.4, -0.2) is 18.0 Å². The first-order valence-corrected chi connectivity index (χ1v) is 10.6. The number of carbonyl (C=O) groups excluding carboxylic acids is 2. The molecule has 0 atom stereocenters. The zero-order valence-electron chi connectivity index (χ0n) is 18.2. The Morgan fingerprint density at radius 3 is 2.06 bits per heavy atom. The number of nitrogens with one attached hydrogen (secondary N) is 2. The number of rotatable bonds is 6. The second-order valence-corrected chi connectivity index (χ2v) is 7.87. The number of anilines is 1. The zero-order chi connectivity index (χ0) is 22.5. The standard InChI is InChI=1S/C27H25N3O2/c1-18-11-12-22(15-19(18)2)29-26(31)13-14-27(32)30-28-17-25-23-9-5-3-7-20(23)16-21-8-4-6-10-24(21)25/h3-12,15-17H,13-14H2,1-2H3,(H,29,31)(H,30,32)/b28-17+. The molecule has 32 heavy (non-hydrogen) atoms. The summed E-state index contributed by atoms with van der Waals surface area (Å²) in [6.45, 7) is 4.02. The number of nitrogens with zero attached hydrogens (tertiary/aromatic N) is 1. The number of carbonyl (C=O) groups is 2. The fourth-order valence-corrected chi connectivity index (χ4v) is 3.68. The molecule has 5 nitrogen and oxygen atoms in total. The molecule has 2 N–H and O–H groups in total. The average molecular weight is 424 g/mol. The highest BCUT2D eigenvalue weighted by Crippen LogP contribution is 2.27. The van der Waals surface area contributed by atoms with Crippen molar-refractivity contribution in [3.8, 4) is 0 Å². The van der Waals surface area contributed by atoms with Gasteiger partial charge < -0.3 is 5.32 Å². The summed E-state index contributed by atoms with van der Waals surface area (Å²) < 4.78 is 0. The SMILES string of the molecule is Cc1ccc(NC(=O)CCC(=O)N/N=C/c2c3ccccc3cc3ccccc23)cc1C. The van der Waals surface area contributed by atoms with E-state index < -0.39 is 0 Å². The van der Waals surface area contributed by atoms with Crippen LogP contribution >= 0.6 is 0 Å². The first-order valence-electron chi connectivity index (χ1n) is 10.6. The van der Waals surface area contributed by atoms with Crippen molar-refractivity contribution < 1.29 is 9.59 Å². The molecule has 5 heteroatoms. The Hall–Kier alpha value is -3.99. The maximum atomic E-state index is 12.2. The fraction of sp³-hybridized carbons (Fsp3) is 0.148. The maximum Gasteiger partial charge on any atom is 0.240 e. The van der Waals surface area contributed by atoms with Crippen LogP contribution in [0.3, 0.4) is 0 Å². The molecule has 0 spiro atoms. The van der Waals surface area contributed by atoms with Gasteiger partial charge in [0.05, 0.1) is 6.21 Å². The number of amides is 2. The lowest BCUT2D eigenvalue weighted by Gasteiger charge is -2.08. The number of benzene rings is 4. The third-order valence-corrected chi connectivity index (χ3v) is 5.57. The molecule has 0 saturated heterocycles. The van der Waals surface area contributed by atoms with Crippen molar-refractivity contribution in [1.29, 1.82) is 0 Å². The van der Waals surface area contributed by atoms with Crippen LogP contribution in [0.2, 0.25) is 0 Å². The predicted octanol–water partition coefficient (Wildman–Crippen LogP) is 5.48. The summed E-state index contributed by atoms with van der Waals surface area (Å²) in [5, 5.41) is 11.4. The smallest absolute Gasteiger partial charge is 0.240 e. The quantitative estimate of drug-likeness (QED) is 0.245. The minimum Gasteiger partial charge on any atom is -0.326 e. The number of aryl methyl sites for hydroxylation is 2. The first-order chi connectivity index (χ1) is 15.5. The molecule has 2 amide bonds. The van der Waals surface area contributed by atoms with E-state index in [1.165, 1.54) is 5.56 Å². The molecule has 0 fully saturated rings. The molecule has 0 unspecified atom stereocenters. The van der Waals surface area contributed by atoms with Gasteiger partial charge in [0.25, 0.3) is 0 Å². The average Bonchev–Trinajstić information content (AvgIpc) is 2.79. The van der Waals surface area contributed by atoms with Crippen molar-refractivity contribution in [3.63, 3.8) is 0 Å². The van der Waals surface area contributed by atoms with Crippen molar-refractivity contribution in [1.82, 2.24) is 5.43 Å². The summed E-state index contributed by atoms with van der Waals surface area (Å²) in [4.78, 5) is 24.4. The largest absolute Gasteiger partial charge is 0.326 e. The Morgan fingerprint density at radius 2 is 1.41 bits per heavy atom. The van der Waals surface area contributed by atoms with E-state index in [-0.39, 0.29) is 24.7 Å². The monoisotopic (exact) mass is 423 g/mol. The highest BCUT2D eigenvalue weighted by Gasteiger charge is 2.08. The topological polar surface area (TPSA) is 70.6 Å². The molecule has 160 valence electrons. The number of hydrogen-bond donors (Lipinski definition) is 2. The third-order valence-electron chi connectivity index (χ3n) is 5.57. The van der Waals surface area contributed by atoms with Crippen LogP contribution in [0.25, 0.3) is 21.5 Å². The molecule has 0 radical (unpaired) electrons. The molecule has 0 heterocycles. The molecule has 0 aliphatic carbocycles. The third kappa shape index (κ3) is 4.83.